The average molecular weight is 374 g/mol. The minimum Gasteiger partial charge on any atom is -0.480 e. The largest absolute Gasteiger partial charge is 0.480 e. The van der Waals surface area contributed by atoms with Gasteiger partial charge in [-0.15, -0.1) is 0 Å². The molecule has 1 aliphatic heterocycles. The lowest BCUT2D eigenvalue weighted by Gasteiger charge is -2.31. The molecule has 29 heavy (non-hydrogen) atoms. The summed E-state index contributed by atoms with van der Waals surface area (Å²) in [6.45, 7) is 0. The maximum absolute atomic E-state index is 9.94. The summed E-state index contributed by atoms with van der Waals surface area (Å²) in [7, 11) is 0. The Morgan fingerprint density at radius 2 is 1.41 bits per heavy atom. The molecule has 1 aliphatic rings. The third-order valence-corrected chi connectivity index (χ3v) is 5.39. The van der Waals surface area contributed by atoms with Gasteiger partial charge in [0.05, 0.1) is 11.3 Å². The number of nitrogens with zero attached hydrogens (tertiary/aromatic N) is 1. The van der Waals surface area contributed by atoms with E-state index in [0.29, 0.717) is 11.3 Å². The highest BCUT2D eigenvalue weighted by atomic mass is 16.5. The highest BCUT2D eigenvalue weighted by molar-refractivity contribution is 5.90. The maximum Gasteiger partial charge on any atom is 0.152 e. The van der Waals surface area contributed by atoms with Crippen LogP contribution in [0, 0.1) is 11.3 Å². The van der Waals surface area contributed by atoms with Crippen molar-refractivity contribution >= 4 is 5.69 Å². The summed E-state index contributed by atoms with van der Waals surface area (Å²) in [5, 5.41) is 9.94. The molecule has 0 saturated heterocycles. The van der Waals surface area contributed by atoms with Crippen LogP contribution >= 0.6 is 0 Å². The van der Waals surface area contributed by atoms with Crippen LogP contribution in [0.4, 0.5) is 5.69 Å². The zero-order valence-electron chi connectivity index (χ0n) is 15.7. The van der Waals surface area contributed by atoms with Crippen molar-refractivity contribution in [2.24, 2.45) is 0 Å². The molecule has 0 aromatic heterocycles. The van der Waals surface area contributed by atoms with Crippen molar-refractivity contribution in [2.45, 2.75) is 6.10 Å². The van der Waals surface area contributed by atoms with Crippen LogP contribution in [-0.4, -0.2) is 0 Å². The molecule has 1 atom stereocenters. The summed E-state index contributed by atoms with van der Waals surface area (Å²) in [5.74, 6) is 0.817. The molecule has 4 aromatic rings. The zero-order chi connectivity index (χ0) is 19.8. The molecule has 1 unspecified atom stereocenters. The first-order valence-corrected chi connectivity index (χ1v) is 9.51. The van der Waals surface area contributed by atoms with Crippen LogP contribution in [0.3, 0.4) is 0 Å². The number of fused-ring (bicyclic) bond motifs is 3. The lowest BCUT2D eigenvalue weighted by molar-refractivity contribution is 0.244. The summed E-state index contributed by atoms with van der Waals surface area (Å²) in [5.41, 5.74) is 13.3. The van der Waals surface area contributed by atoms with Crippen LogP contribution in [0.25, 0.3) is 22.3 Å². The van der Waals surface area contributed by atoms with Crippen LogP contribution in [0.2, 0.25) is 0 Å². The van der Waals surface area contributed by atoms with E-state index in [2.05, 4.69) is 12.1 Å². The second kappa shape index (κ2) is 6.85. The van der Waals surface area contributed by atoms with Crippen LogP contribution in [0.15, 0.2) is 91.0 Å². The summed E-state index contributed by atoms with van der Waals surface area (Å²) < 4.78 is 6.38. The van der Waals surface area contributed by atoms with E-state index in [0.717, 1.165) is 39.1 Å². The zero-order valence-corrected chi connectivity index (χ0v) is 15.7. The number of rotatable bonds is 2. The van der Waals surface area contributed by atoms with Gasteiger partial charge in [-0.25, -0.2) is 0 Å². The number of para-hydroxylation sites is 1. The van der Waals surface area contributed by atoms with Crippen molar-refractivity contribution in [1.82, 2.24) is 0 Å². The number of hydrogen-bond donors (Lipinski definition) is 1. The predicted octanol–water partition coefficient (Wildman–Crippen LogP) is 5.96. The third-order valence-electron chi connectivity index (χ3n) is 5.39. The Balaban J connectivity index is 1.84. The highest BCUT2D eigenvalue weighted by Gasteiger charge is 2.31. The molecule has 0 bridgehead atoms. The van der Waals surface area contributed by atoms with Crippen LogP contribution in [0.5, 0.6) is 5.75 Å². The maximum atomic E-state index is 9.94. The summed E-state index contributed by atoms with van der Waals surface area (Å²) >= 11 is 0. The molecule has 1 heterocycles. The van der Waals surface area contributed by atoms with Gasteiger partial charge in [-0.3, -0.25) is 0 Å². The lowest BCUT2D eigenvalue weighted by Crippen LogP contribution is -2.18. The van der Waals surface area contributed by atoms with Crippen molar-refractivity contribution in [2.75, 3.05) is 5.73 Å². The minimum atomic E-state index is -0.363. The standard InChI is InChI=1S/C26H18N2O/c27-16-22-20(17-9-3-1-4-10-17)15-21-19-13-7-8-14-23(19)29-26(24(21)25(22)28)18-11-5-2-6-12-18/h1-15,26H,28H2. The van der Waals surface area contributed by atoms with E-state index in [1.165, 1.54) is 0 Å². The average Bonchev–Trinajstić information content (AvgIpc) is 2.79. The molecule has 5 rings (SSSR count). The van der Waals surface area contributed by atoms with Gasteiger partial charge in [0.2, 0.25) is 0 Å². The first kappa shape index (κ1) is 17.1. The fourth-order valence-corrected chi connectivity index (χ4v) is 4.03. The van der Waals surface area contributed by atoms with E-state index in [1.54, 1.807) is 0 Å². The highest BCUT2D eigenvalue weighted by Crippen LogP contribution is 2.49. The molecule has 0 fully saturated rings. The molecular formula is C26H18N2O. The summed E-state index contributed by atoms with van der Waals surface area (Å²) in [4.78, 5) is 0. The Bertz CT molecular complexity index is 1240. The van der Waals surface area contributed by atoms with Gasteiger partial charge in [-0.2, -0.15) is 5.26 Å². The van der Waals surface area contributed by atoms with Crippen molar-refractivity contribution in [3.63, 3.8) is 0 Å². The van der Waals surface area contributed by atoms with Gasteiger partial charge < -0.3 is 10.5 Å². The Hall–Kier alpha value is -4.03. The Morgan fingerprint density at radius 3 is 2.14 bits per heavy atom. The van der Waals surface area contributed by atoms with E-state index in [9.17, 15) is 5.26 Å². The lowest BCUT2D eigenvalue weighted by atomic mass is 9.83. The molecule has 3 heteroatoms. The molecule has 4 aromatic carbocycles. The SMILES string of the molecule is N#Cc1c(-c2ccccc2)cc2c(c1N)C(c1ccccc1)Oc1ccccc1-2. The molecule has 0 radical (unpaired) electrons. The van der Waals surface area contributed by atoms with E-state index >= 15 is 0 Å². The first-order valence-electron chi connectivity index (χ1n) is 9.51. The number of nitrogens with two attached hydrogens (primary N) is 1. The van der Waals surface area contributed by atoms with Crippen LogP contribution in [-0.2, 0) is 0 Å². The first-order chi connectivity index (χ1) is 14.3. The summed E-state index contributed by atoms with van der Waals surface area (Å²) in [6.07, 6.45) is -0.363. The van der Waals surface area contributed by atoms with Gasteiger partial charge in [-0.05, 0) is 28.8 Å². The molecule has 138 valence electrons. The monoisotopic (exact) mass is 374 g/mol. The molecule has 3 nitrogen and oxygen atoms in total. The van der Waals surface area contributed by atoms with E-state index < -0.39 is 0 Å². The number of hydrogen-bond acceptors (Lipinski definition) is 3. The van der Waals surface area contributed by atoms with Gasteiger partial charge in [0.15, 0.2) is 6.10 Å². The second-order valence-corrected chi connectivity index (χ2v) is 7.06. The number of nitrogen functional groups attached to an aromatic ring is 1. The Kier molecular flexibility index (Phi) is 4.04. The molecule has 0 aliphatic carbocycles. The minimum absolute atomic E-state index is 0.363. The number of benzene rings is 4. The number of nitriles is 1. The Morgan fingerprint density at radius 1 is 0.759 bits per heavy atom. The predicted molar refractivity (Wildman–Crippen MR) is 115 cm³/mol. The van der Waals surface area contributed by atoms with Gasteiger partial charge in [0.1, 0.15) is 11.8 Å². The van der Waals surface area contributed by atoms with Gasteiger partial charge in [-0.1, -0.05) is 78.9 Å². The van der Waals surface area contributed by atoms with E-state index in [4.69, 9.17) is 10.5 Å². The van der Waals surface area contributed by atoms with Crippen LogP contribution < -0.4 is 10.5 Å². The molecule has 2 N–H and O–H groups in total. The molecular weight excluding hydrogens is 356 g/mol. The fraction of sp³-hybridized carbons (Fsp3) is 0.0385. The normalized spacial score (nSPS) is 14.2. The fourth-order valence-electron chi connectivity index (χ4n) is 4.03. The quantitative estimate of drug-likeness (QED) is 0.441. The van der Waals surface area contributed by atoms with Crippen molar-refractivity contribution in [1.29, 1.82) is 5.26 Å². The van der Waals surface area contributed by atoms with Crippen molar-refractivity contribution in [3.05, 3.63) is 108 Å². The van der Waals surface area contributed by atoms with Crippen molar-refractivity contribution < 1.29 is 4.74 Å². The van der Waals surface area contributed by atoms with Crippen LogP contribution in [0.1, 0.15) is 22.8 Å². The van der Waals surface area contributed by atoms with Gasteiger partial charge >= 0.3 is 0 Å². The number of ether oxygens (including phenoxy) is 1. The number of anilines is 1. The molecule has 0 saturated carbocycles. The molecule has 0 amide bonds. The van der Waals surface area contributed by atoms with Crippen molar-refractivity contribution in [3.8, 4) is 34.1 Å². The summed E-state index contributed by atoms with van der Waals surface area (Å²) in [6, 6.07) is 32.3. The topological polar surface area (TPSA) is 59.0 Å². The smallest absolute Gasteiger partial charge is 0.152 e. The van der Waals surface area contributed by atoms with Gasteiger partial charge in [0, 0.05) is 16.7 Å². The second-order valence-electron chi connectivity index (χ2n) is 7.06. The van der Waals surface area contributed by atoms with E-state index in [1.807, 2.05) is 84.9 Å². The Labute approximate surface area is 169 Å². The molecule has 0 spiro atoms. The van der Waals surface area contributed by atoms with E-state index in [-0.39, 0.29) is 6.10 Å². The third kappa shape index (κ3) is 2.74. The van der Waals surface area contributed by atoms with Gasteiger partial charge in [0.25, 0.3) is 0 Å².